The molecular formula is C44H26N4. The number of nitriles is 2. The first kappa shape index (κ1) is 27.4. The number of hydrogen-bond donors (Lipinski definition) is 0. The van der Waals surface area contributed by atoms with Crippen LogP contribution in [0.25, 0.3) is 77.2 Å². The fourth-order valence-corrected chi connectivity index (χ4v) is 7.26. The van der Waals surface area contributed by atoms with E-state index in [1.807, 2.05) is 48.5 Å². The van der Waals surface area contributed by atoms with Crippen LogP contribution >= 0.6 is 0 Å². The highest BCUT2D eigenvalue weighted by Gasteiger charge is 2.21. The quantitative estimate of drug-likeness (QED) is 0.199. The standard InChI is InChI=1S/C44H26N4/c45-27-29-23-33(28-46)44(37(24-29)30-11-3-1-4-12-30)48-41-18-10-8-16-36(41)39-26-32(20-22-43(39)48)31-19-21-42-38(25-31)35-15-7-9-17-40(35)47(42)34-13-5-2-6-14-34/h1-26H. The summed E-state index contributed by atoms with van der Waals surface area (Å²) in [4.78, 5) is 0. The van der Waals surface area contributed by atoms with Crippen molar-refractivity contribution >= 4 is 43.6 Å². The molecule has 0 saturated carbocycles. The first-order valence-corrected chi connectivity index (χ1v) is 15.9. The average Bonchev–Trinajstić information content (AvgIpc) is 3.67. The number of fused-ring (bicyclic) bond motifs is 6. The van der Waals surface area contributed by atoms with E-state index < -0.39 is 0 Å². The SMILES string of the molecule is N#Cc1cc(C#N)c(-n2c3ccccc3c3cc(-c4ccc5c(c4)c4ccccc4n5-c4ccccc4)ccc32)c(-c2ccccc2)c1. The molecular weight excluding hydrogens is 585 g/mol. The largest absolute Gasteiger partial charge is 0.309 e. The minimum absolute atomic E-state index is 0.458. The highest BCUT2D eigenvalue weighted by atomic mass is 15.0. The van der Waals surface area contributed by atoms with Crippen LogP contribution in [0.4, 0.5) is 0 Å². The minimum Gasteiger partial charge on any atom is -0.309 e. The summed E-state index contributed by atoms with van der Waals surface area (Å²) < 4.78 is 4.52. The molecule has 0 unspecified atom stereocenters. The highest BCUT2D eigenvalue weighted by Crippen LogP contribution is 2.41. The van der Waals surface area contributed by atoms with Crippen LogP contribution in [0.5, 0.6) is 0 Å². The molecule has 0 spiro atoms. The van der Waals surface area contributed by atoms with Crippen molar-refractivity contribution in [2.45, 2.75) is 0 Å². The Morgan fingerprint density at radius 3 is 1.52 bits per heavy atom. The van der Waals surface area contributed by atoms with Crippen LogP contribution < -0.4 is 0 Å². The summed E-state index contributed by atoms with van der Waals surface area (Å²) in [6, 6.07) is 59.0. The predicted octanol–water partition coefficient (Wildman–Crippen LogP) is 11.0. The van der Waals surface area contributed by atoms with Gasteiger partial charge in [-0.15, -0.1) is 0 Å². The molecule has 2 aromatic heterocycles. The average molecular weight is 611 g/mol. The molecule has 0 bridgehead atoms. The van der Waals surface area contributed by atoms with Gasteiger partial charge in [-0.05, 0) is 77.4 Å². The van der Waals surface area contributed by atoms with Crippen LogP contribution in [-0.2, 0) is 0 Å². The lowest BCUT2D eigenvalue weighted by Crippen LogP contribution is -2.02. The Balaban J connectivity index is 1.29. The molecule has 0 amide bonds. The fourth-order valence-electron chi connectivity index (χ4n) is 7.26. The van der Waals surface area contributed by atoms with Gasteiger partial charge in [0.2, 0.25) is 0 Å². The van der Waals surface area contributed by atoms with E-state index in [-0.39, 0.29) is 0 Å². The molecule has 0 radical (unpaired) electrons. The molecule has 9 rings (SSSR count). The molecule has 2 heterocycles. The number of nitrogens with zero attached hydrogens (tertiary/aromatic N) is 4. The van der Waals surface area contributed by atoms with Gasteiger partial charge in [-0.3, -0.25) is 0 Å². The van der Waals surface area contributed by atoms with Gasteiger partial charge in [-0.1, -0.05) is 97.1 Å². The molecule has 0 saturated heterocycles. The maximum atomic E-state index is 10.4. The molecule has 4 heteroatoms. The van der Waals surface area contributed by atoms with Gasteiger partial charge in [0.05, 0.1) is 45.0 Å². The maximum Gasteiger partial charge on any atom is 0.101 e. The molecule has 0 atom stereocenters. The van der Waals surface area contributed by atoms with Gasteiger partial charge in [0.15, 0.2) is 0 Å². The number of aromatic nitrogens is 2. The molecule has 7 aromatic carbocycles. The summed E-state index contributed by atoms with van der Waals surface area (Å²) in [5.74, 6) is 0. The fraction of sp³-hybridized carbons (Fsp3) is 0. The monoisotopic (exact) mass is 610 g/mol. The number of rotatable bonds is 4. The Hall–Kier alpha value is -6.88. The second kappa shape index (κ2) is 10.9. The Kier molecular flexibility index (Phi) is 6.22. The van der Waals surface area contributed by atoms with Crippen LogP contribution in [0, 0.1) is 22.7 Å². The Morgan fingerprint density at radius 2 is 0.917 bits per heavy atom. The van der Waals surface area contributed by atoms with E-state index in [9.17, 15) is 10.5 Å². The number of para-hydroxylation sites is 3. The smallest absolute Gasteiger partial charge is 0.101 e. The third kappa shape index (κ3) is 4.14. The Morgan fingerprint density at radius 1 is 0.396 bits per heavy atom. The predicted molar refractivity (Wildman–Crippen MR) is 195 cm³/mol. The van der Waals surface area contributed by atoms with Crippen molar-refractivity contribution < 1.29 is 0 Å². The van der Waals surface area contributed by atoms with Gasteiger partial charge in [0.25, 0.3) is 0 Å². The van der Waals surface area contributed by atoms with Crippen LogP contribution in [0.3, 0.4) is 0 Å². The topological polar surface area (TPSA) is 57.4 Å². The van der Waals surface area contributed by atoms with Crippen molar-refractivity contribution in [1.29, 1.82) is 10.5 Å². The van der Waals surface area contributed by atoms with Crippen molar-refractivity contribution in [2.24, 2.45) is 0 Å². The molecule has 0 aliphatic carbocycles. The molecule has 222 valence electrons. The zero-order chi connectivity index (χ0) is 32.2. The van der Waals surface area contributed by atoms with Crippen LogP contribution in [0.1, 0.15) is 11.1 Å². The number of benzene rings is 7. The minimum atomic E-state index is 0.458. The second-order valence-corrected chi connectivity index (χ2v) is 12.0. The van der Waals surface area contributed by atoms with E-state index in [0.29, 0.717) is 11.1 Å². The van der Waals surface area contributed by atoms with Gasteiger partial charge in [0.1, 0.15) is 6.07 Å². The summed E-state index contributed by atoms with van der Waals surface area (Å²) >= 11 is 0. The van der Waals surface area contributed by atoms with E-state index in [1.165, 1.54) is 21.8 Å². The van der Waals surface area contributed by atoms with E-state index in [2.05, 4.69) is 124 Å². The summed E-state index contributed by atoms with van der Waals surface area (Å²) in [7, 11) is 0. The van der Waals surface area contributed by atoms with Gasteiger partial charge in [-0.2, -0.15) is 10.5 Å². The molecule has 9 aromatic rings. The van der Waals surface area contributed by atoms with Crippen LogP contribution in [0.2, 0.25) is 0 Å². The first-order chi connectivity index (χ1) is 23.7. The molecule has 0 fully saturated rings. The third-order valence-corrected chi connectivity index (χ3v) is 9.36. The van der Waals surface area contributed by atoms with E-state index >= 15 is 0 Å². The normalized spacial score (nSPS) is 11.3. The van der Waals surface area contributed by atoms with E-state index in [4.69, 9.17) is 0 Å². The number of hydrogen-bond acceptors (Lipinski definition) is 2. The lowest BCUT2D eigenvalue weighted by molar-refractivity contribution is 1.17. The van der Waals surface area contributed by atoms with Gasteiger partial charge >= 0.3 is 0 Å². The van der Waals surface area contributed by atoms with E-state index in [1.54, 1.807) is 6.07 Å². The zero-order valence-corrected chi connectivity index (χ0v) is 25.8. The Labute approximate surface area is 277 Å². The van der Waals surface area contributed by atoms with Crippen LogP contribution in [-0.4, -0.2) is 9.13 Å². The first-order valence-electron chi connectivity index (χ1n) is 15.9. The Bertz CT molecular complexity index is 2790. The highest BCUT2D eigenvalue weighted by molar-refractivity contribution is 6.13. The van der Waals surface area contributed by atoms with Crippen molar-refractivity contribution in [3.63, 3.8) is 0 Å². The summed E-state index contributed by atoms with van der Waals surface area (Å²) in [6.45, 7) is 0. The second-order valence-electron chi connectivity index (χ2n) is 12.0. The zero-order valence-electron chi connectivity index (χ0n) is 25.8. The lowest BCUT2D eigenvalue weighted by atomic mass is 9.97. The molecule has 0 aliphatic heterocycles. The maximum absolute atomic E-state index is 10.4. The molecule has 0 aliphatic rings. The van der Waals surface area contributed by atoms with Gasteiger partial charge in [0, 0.05) is 32.8 Å². The van der Waals surface area contributed by atoms with Gasteiger partial charge in [-0.25, -0.2) is 0 Å². The molecule has 0 N–H and O–H groups in total. The van der Waals surface area contributed by atoms with Gasteiger partial charge < -0.3 is 9.13 Å². The third-order valence-electron chi connectivity index (χ3n) is 9.36. The summed E-state index contributed by atoms with van der Waals surface area (Å²) in [6.07, 6.45) is 0. The molecule has 4 nitrogen and oxygen atoms in total. The van der Waals surface area contributed by atoms with Crippen molar-refractivity contribution in [1.82, 2.24) is 9.13 Å². The van der Waals surface area contributed by atoms with Crippen LogP contribution in [0.15, 0.2) is 158 Å². The lowest BCUT2D eigenvalue weighted by Gasteiger charge is -2.16. The van der Waals surface area contributed by atoms with Crippen molar-refractivity contribution in [3.05, 3.63) is 169 Å². The van der Waals surface area contributed by atoms with Crippen molar-refractivity contribution in [2.75, 3.05) is 0 Å². The summed E-state index contributed by atoms with van der Waals surface area (Å²) in [5.41, 5.74) is 11.2. The van der Waals surface area contributed by atoms with E-state index in [0.717, 1.165) is 55.4 Å². The van der Waals surface area contributed by atoms with Crippen molar-refractivity contribution in [3.8, 4) is 45.8 Å². The molecule has 48 heavy (non-hydrogen) atoms. The summed E-state index contributed by atoms with van der Waals surface area (Å²) in [5, 5.41) is 24.9.